The van der Waals surface area contributed by atoms with E-state index in [2.05, 4.69) is 74.6 Å². The highest BCUT2D eigenvalue weighted by molar-refractivity contribution is 4.97. The second-order valence-electron chi connectivity index (χ2n) is 8.62. The SMILES string of the molecule is CC(C)(C)CC(C)(C)NC(C)(C)C(C)(C)C. The van der Waals surface area contributed by atoms with Crippen molar-refractivity contribution in [2.24, 2.45) is 10.8 Å². The van der Waals surface area contributed by atoms with Gasteiger partial charge in [-0.05, 0) is 44.9 Å². The van der Waals surface area contributed by atoms with Crippen molar-refractivity contribution in [3.63, 3.8) is 0 Å². The van der Waals surface area contributed by atoms with E-state index in [1.54, 1.807) is 0 Å². The van der Waals surface area contributed by atoms with Gasteiger partial charge in [-0.1, -0.05) is 41.5 Å². The van der Waals surface area contributed by atoms with Crippen LogP contribution in [0.25, 0.3) is 0 Å². The van der Waals surface area contributed by atoms with Gasteiger partial charge in [-0.25, -0.2) is 0 Å². The lowest BCUT2D eigenvalue weighted by Crippen LogP contribution is -2.59. The first kappa shape index (κ1) is 16.0. The van der Waals surface area contributed by atoms with Gasteiger partial charge in [0.2, 0.25) is 0 Å². The van der Waals surface area contributed by atoms with Crippen LogP contribution in [0.3, 0.4) is 0 Å². The first-order chi connectivity index (χ1) is 6.66. The highest BCUT2D eigenvalue weighted by atomic mass is 15.0. The maximum absolute atomic E-state index is 3.83. The zero-order valence-electron chi connectivity index (χ0n) is 13.2. The normalized spacial score (nSPS) is 15.4. The third-order valence-corrected chi connectivity index (χ3v) is 3.50. The summed E-state index contributed by atoms with van der Waals surface area (Å²) in [4.78, 5) is 0. The lowest BCUT2D eigenvalue weighted by molar-refractivity contribution is 0.108. The van der Waals surface area contributed by atoms with Crippen molar-refractivity contribution in [1.29, 1.82) is 0 Å². The van der Waals surface area contributed by atoms with Crippen LogP contribution in [0.15, 0.2) is 0 Å². The van der Waals surface area contributed by atoms with Gasteiger partial charge in [-0.2, -0.15) is 0 Å². The Kier molecular flexibility index (Phi) is 4.32. The Morgan fingerprint density at radius 2 is 1.06 bits per heavy atom. The minimum atomic E-state index is 0.141. The van der Waals surface area contributed by atoms with E-state index in [-0.39, 0.29) is 16.5 Å². The van der Waals surface area contributed by atoms with Crippen LogP contribution < -0.4 is 5.32 Å². The molecule has 0 bridgehead atoms. The third-order valence-electron chi connectivity index (χ3n) is 3.50. The lowest BCUT2D eigenvalue weighted by Gasteiger charge is -2.47. The summed E-state index contributed by atoms with van der Waals surface area (Å²) in [5.41, 5.74) is 0.948. The van der Waals surface area contributed by atoms with Gasteiger partial charge in [0.05, 0.1) is 0 Å². The van der Waals surface area contributed by atoms with Crippen LogP contribution in [0.4, 0.5) is 0 Å². The van der Waals surface area contributed by atoms with Crippen LogP contribution in [0, 0.1) is 10.8 Å². The zero-order chi connectivity index (χ0) is 13.4. The monoisotopic (exact) mass is 227 g/mol. The molecule has 0 saturated heterocycles. The average molecular weight is 227 g/mol. The molecular weight excluding hydrogens is 194 g/mol. The minimum Gasteiger partial charge on any atom is -0.306 e. The van der Waals surface area contributed by atoms with Gasteiger partial charge in [0.1, 0.15) is 0 Å². The van der Waals surface area contributed by atoms with Crippen LogP contribution in [0.1, 0.15) is 75.7 Å². The molecule has 0 rings (SSSR count). The second-order valence-corrected chi connectivity index (χ2v) is 8.62. The van der Waals surface area contributed by atoms with Crippen molar-refractivity contribution in [2.75, 3.05) is 0 Å². The summed E-state index contributed by atoms with van der Waals surface area (Å²) in [7, 11) is 0. The van der Waals surface area contributed by atoms with Crippen molar-refractivity contribution in [2.45, 2.75) is 86.7 Å². The number of hydrogen-bond acceptors (Lipinski definition) is 1. The van der Waals surface area contributed by atoms with E-state index >= 15 is 0 Å². The lowest BCUT2D eigenvalue weighted by atomic mass is 9.73. The molecule has 0 unspecified atom stereocenters. The highest BCUT2D eigenvalue weighted by Crippen LogP contribution is 2.34. The summed E-state index contributed by atoms with van der Waals surface area (Å²) in [5.74, 6) is 0. The molecule has 0 radical (unpaired) electrons. The highest BCUT2D eigenvalue weighted by Gasteiger charge is 2.38. The molecule has 1 heteroatoms. The van der Waals surface area contributed by atoms with E-state index < -0.39 is 0 Å². The summed E-state index contributed by atoms with van der Waals surface area (Å²) in [5, 5.41) is 3.83. The summed E-state index contributed by atoms with van der Waals surface area (Å²) in [6.07, 6.45) is 1.18. The molecule has 0 aromatic rings. The molecule has 98 valence electrons. The van der Waals surface area contributed by atoms with Crippen LogP contribution in [-0.2, 0) is 0 Å². The fraction of sp³-hybridized carbons (Fsp3) is 1.00. The molecule has 0 aromatic heterocycles. The van der Waals surface area contributed by atoms with Gasteiger partial charge in [-0.15, -0.1) is 0 Å². The summed E-state index contributed by atoms with van der Waals surface area (Å²) in [6, 6.07) is 0. The molecule has 0 aromatic carbocycles. The van der Waals surface area contributed by atoms with Gasteiger partial charge in [-0.3, -0.25) is 0 Å². The topological polar surface area (TPSA) is 12.0 Å². The molecule has 1 N–H and O–H groups in total. The maximum atomic E-state index is 3.83. The Balaban J connectivity index is 4.72. The van der Waals surface area contributed by atoms with E-state index in [0.29, 0.717) is 5.41 Å². The minimum absolute atomic E-state index is 0.141. The fourth-order valence-electron chi connectivity index (χ4n) is 2.40. The Morgan fingerprint density at radius 1 is 0.688 bits per heavy atom. The van der Waals surface area contributed by atoms with Crippen molar-refractivity contribution < 1.29 is 0 Å². The van der Waals surface area contributed by atoms with E-state index in [4.69, 9.17) is 0 Å². The molecule has 0 atom stereocenters. The van der Waals surface area contributed by atoms with Gasteiger partial charge >= 0.3 is 0 Å². The molecule has 0 aliphatic heterocycles. The van der Waals surface area contributed by atoms with Gasteiger partial charge in [0, 0.05) is 11.1 Å². The molecule has 0 aliphatic carbocycles. The van der Waals surface area contributed by atoms with E-state index in [1.165, 1.54) is 6.42 Å². The van der Waals surface area contributed by atoms with Crippen LogP contribution in [0.5, 0.6) is 0 Å². The zero-order valence-corrected chi connectivity index (χ0v) is 13.2. The molecule has 1 nitrogen and oxygen atoms in total. The molecule has 0 fully saturated rings. The Hall–Kier alpha value is -0.0400. The number of hydrogen-bond donors (Lipinski definition) is 1. The summed E-state index contributed by atoms with van der Waals surface area (Å²) >= 11 is 0. The maximum Gasteiger partial charge on any atom is 0.0178 e. The molecule has 0 saturated carbocycles. The first-order valence-electron chi connectivity index (χ1n) is 6.46. The van der Waals surface area contributed by atoms with Gasteiger partial charge in [0.25, 0.3) is 0 Å². The molecule has 0 spiro atoms. The summed E-state index contributed by atoms with van der Waals surface area (Å²) in [6.45, 7) is 23.0. The smallest absolute Gasteiger partial charge is 0.0178 e. The van der Waals surface area contributed by atoms with Crippen molar-refractivity contribution >= 4 is 0 Å². The number of rotatable bonds is 3. The number of nitrogens with one attached hydrogen (secondary N) is 1. The van der Waals surface area contributed by atoms with Crippen LogP contribution >= 0.6 is 0 Å². The predicted octanol–water partition coefficient (Wildman–Crippen LogP) is 4.62. The molecule has 0 heterocycles. The fourth-order valence-corrected chi connectivity index (χ4v) is 2.40. The Morgan fingerprint density at radius 3 is 1.31 bits per heavy atom. The van der Waals surface area contributed by atoms with Crippen LogP contribution in [0.2, 0.25) is 0 Å². The van der Waals surface area contributed by atoms with Gasteiger partial charge < -0.3 is 5.32 Å². The third kappa shape index (κ3) is 5.34. The van der Waals surface area contributed by atoms with Crippen LogP contribution in [-0.4, -0.2) is 11.1 Å². The quantitative estimate of drug-likeness (QED) is 0.742. The molecule has 0 aliphatic rings. The van der Waals surface area contributed by atoms with E-state index in [0.717, 1.165) is 0 Å². The van der Waals surface area contributed by atoms with E-state index in [9.17, 15) is 0 Å². The molecule has 0 amide bonds. The molecular formula is C15H33N. The second kappa shape index (κ2) is 4.33. The summed E-state index contributed by atoms with van der Waals surface area (Å²) < 4.78 is 0. The standard InChI is InChI=1S/C15H33N/c1-12(2,3)11-14(7,8)16-15(9,10)13(4,5)6/h16H,11H2,1-10H3. The van der Waals surface area contributed by atoms with E-state index in [1.807, 2.05) is 0 Å². The predicted molar refractivity (Wildman–Crippen MR) is 74.8 cm³/mol. The van der Waals surface area contributed by atoms with Crippen molar-refractivity contribution in [3.05, 3.63) is 0 Å². The Labute approximate surface area is 103 Å². The van der Waals surface area contributed by atoms with Crippen molar-refractivity contribution in [1.82, 2.24) is 5.32 Å². The largest absolute Gasteiger partial charge is 0.306 e. The molecule has 16 heavy (non-hydrogen) atoms. The Bertz CT molecular complexity index is 223. The van der Waals surface area contributed by atoms with Crippen molar-refractivity contribution in [3.8, 4) is 0 Å². The van der Waals surface area contributed by atoms with Gasteiger partial charge in [0.15, 0.2) is 0 Å². The average Bonchev–Trinajstić information content (AvgIpc) is 1.72. The first-order valence-corrected chi connectivity index (χ1v) is 6.46.